The van der Waals surface area contributed by atoms with E-state index in [1.54, 1.807) is 38.1 Å². The summed E-state index contributed by atoms with van der Waals surface area (Å²) in [5.74, 6) is -0.0294. The van der Waals surface area contributed by atoms with Gasteiger partial charge in [-0.3, -0.25) is 19.5 Å². The first-order chi connectivity index (χ1) is 15.2. The van der Waals surface area contributed by atoms with Gasteiger partial charge in [0.15, 0.2) is 5.16 Å². The molecule has 0 radical (unpaired) electrons. The molecule has 2 N–H and O–H groups in total. The standard InChI is InChI=1S/C22H23ClN4O4S/c1-5-24-21(30)26-19(28)13(3)32-22-25-16-11-14(23)7-8-15(16)20(29)27(22)17-10-12(2)6-9-18(17)31-4/h6-11,13H,5H2,1-4H3,(H2,24,26,28,30). The monoisotopic (exact) mass is 474 g/mol. The number of amides is 3. The lowest BCUT2D eigenvalue weighted by atomic mass is 10.2. The minimum atomic E-state index is -0.719. The number of benzene rings is 2. The zero-order chi connectivity index (χ0) is 23.4. The zero-order valence-corrected chi connectivity index (χ0v) is 19.6. The van der Waals surface area contributed by atoms with E-state index in [0.717, 1.165) is 17.3 Å². The third kappa shape index (κ3) is 5.05. The quantitative estimate of drug-likeness (QED) is 0.417. The average Bonchev–Trinajstić information content (AvgIpc) is 2.73. The summed E-state index contributed by atoms with van der Waals surface area (Å²) in [5, 5.41) is 5.16. The topological polar surface area (TPSA) is 102 Å². The Hall–Kier alpha value is -3.04. The molecule has 32 heavy (non-hydrogen) atoms. The van der Waals surface area contributed by atoms with Gasteiger partial charge < -0.3 is 10.1 Å². The smallest absolute Gasteiger partial charge is 0.321 e. The largest absolute Gasteiger partial charge is 0.495 e. The van der Waals surface area contributed by atoms with Crippen molar-refractivity contribution in [3.63, 3.8) is 0 Å². The molecule has 0 saturated heterocycles. The van der Waals surface area contributed by atoms with Crippen molar-refractivity contribution in [2.24, 2.45) is 0 Å². The van der Waals surface area contributed by atoms with Crippen molar-refractivity contribution < 1.29 is 14.3 Å². The Bertz CT molecular complexity index is 1240. The van der Waals surface area contributed by atoms with Gasteiger partial charge in [0.25, 0.3) is 5.56 Å². The molecular weight excluding hydrogens is 452 g/mol. The fourth-order valence-electron chi connectivity index (χ4n) is 3.03. The lowest BCUT2D eigenvalue weighted by Gasteiger charge is -2.18. The number of thioether (sulfide) groups is 1. The number of halogens is 1. The average molecular weight is 475 g/mol. The number of aryl methyl sites for hydroxylation is 1. The summed E-state index contributed by atoms with van der Waals surface area (Å²) >= 11 is 7.16. The zero-order valence-electron chi connectivity index (χ0n) is 18.1. The second-order valence-corrected chi connectivity index (χ2v) is 8.72. The van der Waals surface area contributed by atoms with Crippen LogP contribution in [-0.2, 0) is 4.79 Å². The van der Waals surface area contributed by atoms with Crippen LogP contribution in [0.2, 0.25) is 5.02 Å². The van der Waals surface area contributed by atoms with Crippen molar-refractivity contribution in [1.29, 1.82) is 0 Å². The van der Waals surface area contributed by atoms with Crippen molar-refractivity contribution in [1.82, 2.24) is 20.2 Å². The molecule has 10 heteroatoms. The first-order valence-electron chi connectivity index (χ1n) is 9.87. The van der Waals surface area contributed by atoms with E-state index in [1.165, 1.54) is 11.7 Å². The van der Waals surface area contributed by atoms with Crippen LogP contribution in [0, 0.1) is 6.92 Å². The molecule has 168 valence electrons. The number of imide groups is 1. The van der Waals surface area contributed by atoms with E-state index < -0.39 is 17.2 Å². The van der Waals surface area contributed by atoms with E-state index in [-0.39, 0.29) is 10.7 Å². The molecule has 1 heterocycles. The molecule has 1 aromatic heterocycles. The van der Waals surface area contributed by atoms with Crippen LogP contribution in [0.1, 0.15) is 19.4 Å². The molecule has 1 atom stereocenters. The summed E-state index contributed by atoms with van der Waals surface area (Å²) < 4.78 is 6.90. The Morgan fingerprint density at radius 3 is 2.69 bits per heavy atom. The highest BCUT2D eigenvalue weighted by Gasteiger charge is 2.23. The number of rotatable bonds is 6. The number of hydrogen-bond acceptors (Lipinski definition) is 6. The predicted molar refractivity (Wildman–Crippen MR) is 126 cm³/mol. The van der Waals surface area contributed by atoms with Crippen LogP contribution in [0.3, 0.4) is 0 Å². The first-order valence-corrected chi connectivity index (χ1v) is 11.1. The number of nitrogens with one attached hydrogen (secondary N) is 2. The van der Waals surface area contributed by atoms with Gasteiger partial charge in [-0.2, -0.15) is 0 Å². The molecule has 2 aromatic carbocycles. The lowest BCUT2D eigenvalue weighted by molar-refractivity contribution is -0.119. The van der Waals surface area contributed by atoms with E-state index >= 15 is 0 Å². The van der Waals surface area contributed by atoms with Gasteiger partial charge in [0.2, 0.25) is 5.91 Å². The van der Waals surface area contributed by atoms with Crippen LogP contribution in [0.25, 0.3) is 16.6 Å². The second kappa shape index (κ2) is 10.1. The van der Waals surface area contributed by atoms with Gasteiger partial charge in [-0.15, -0.1) is 0 Å². The lowest BCUT2D eigenvalue weighted by Crippen LogP contribution is -2.42. The molecule has 3 amide bonds. The highest BCUT2D eigenvalue weighted by atomic mass is 35.5. The molecule has 0 aliphatic carbocycles. The summed E-state index contributed by atoms with van der Waals surface area (Å²) in [7, 11) is 1.52. The summed E-state index contributed by atoms with van der Waals surface area (Å²) in [6.45, 7) is 5.67. The normalized spacial score (nSPS) is 11.8. The SMILES string of the molecule is CCNC(=O)NC(=O)C(C)Sc1nc2cc(Cl)ccc2c(=O)n1-c1cc(C)ccc1OC. The van der Waals surface area contributed by atoms with Gasteiger partial charge in [0, 0.05) is 11.6 Å². The molecule has 1 unspecified atom stereocenters. The first kappa shape index (κ1) is 23.6. The van der Waals surface area contributed by atoms with E-state index in [4.69, 9.17) is 16.3 Å². The molecule has 0 aliphatic heterocycles. The number of urea groups is 1. The molecule has 0 aliphatic rings. The number of carbonyl (C=O) groups is 2. The third-order valence-electron chi connectivity index (χ3n) is 4.60. The Morgan fingerprint density at radius 1 is 1.25 bits per heavy atom. The van der Waals surface area contributed by atoms with Gasteiger partial charge in [-0.1, -0.05) is 29.4 Å². The predicted octanol–water partition coefficient (Wildman–Crippen LogP) is 3.68. The molecule has 0 spiro atoms. The van der Waals surface area contributed by atoms with Gasteiger partial charge in [0.1, 0.15) is 5.75 Å². The Labute approximate surface area is 194 Å². The number of nitrogens with zero attached hydrogens (tertiary/aromatic N) is 2. The maximum Gasteiger partial charge on any atom is 0.321 e. The highest BCUT2D eigenvalue weighted by Crippen LogP contribution is 2.30. The Balaban J connectivity index is 2.15. The minimum absolute atomic E-state index is 0.271. The molecule has 0 saturated carbocycles. The number of carbonyl (C=O) groups excluding carboxylic acids is 2. The van der Waals surface area contributed by atoms with Crippen LogP contribution in [0.5, 0.6) is 5.75 Å². The Kier molecular flexibility index (Phi) is 7.42. The van der Waals surface area contributed by atoms with Gasteiger partial charge in [-0.25, -0.2) is 9.78 Å². The molecule has 3 aromatic rings. The van der Waals surface area contributed by atoms with Crippen LogP contribution in [0.4, 0.5) is 4.79 Å². The van der Waals surface area contributed by atoms with E-state index in [2.05, 4.69) is 15.6 Å². The summed E-state index contributed by atoms with van der Waals surface area (Å²) in [6.07, 6.45) is 0. The van der Waals surface area contributed by atoms with Crippen LogP contribution in [-0.4, -0.2) is 40.4 Å². The number of hydrogen-bond donors (Lipinski definition) is 2. The van der Waals surface area contributed by atoms with E-state index in [1.807, 2.05) is 19.1 Å². The van der Waals surface area contributed by atoms with Crippen LogP contribution in [0.15, 0.2) is 46.3 Å². The fourth-order valence-corrected chi connectivity index (χ4v) is 4.12. The number of aromatic nitrogens is 2. The van der Waals surface area contributed by atoms with Crippen molar-refractivity contribution in [2.75, 3.05) is 13.7 Å². The van der Waals surface area contributed by atoms with Crippen molar-refractivity contribution in [2.45, 2.75) is 31.2 Å². The van der Waals surface area contributed by atoms with Crippen molar-refractivity contribution in [3.05, 3.63) is 57.3 Å². The van der Waals surface area contributed by atoms with Crippen LogP contribution < -0.4 is 20.9 Å². The highest BCUT2D eigenvalue weighted by molar-refractivity contribution is 8.00. The Morgan fingerprint density at radius 2 is 2.00 bits per heavy atom. The fraction of sp³-hybridized carbons (Fsp3) is 0.273. The molecule has 0 bridgehead atoms. The summed E-state index contributed by atoms with van der Waals surface area (Å²) in [5.41, 5.74) is 1.50. The molecule has 3 rings (SSSR count). The molecular formula is C22H23ClN4O4S. The van der Waals surface area contributed by atoms with Crippen molar-refractivity contribution in [3.8, 4) is 11.4 Å². The van der Waals surface area contributed by atoms with Crippen molar-refractivity contribution >= 4 is 46.2 Å². The maximum atomic E-state index is 13.5. The number of ether oxygens (including phenoxy) is 1. The molecule has 0 fully saturated rings. The minimum Gasteiger partial charge on any atom is -0.495 e. The van der Waals surface area contributed by atoms with Crippen LogP contribution >= 0.6 is 23.4 Å². The second-order valence-electron chi connectivity index (χ2n) is 6.98. The number of methoxy groups -OCH3 is 1. The van der Waals surface area contributed by atoms with Gasteiger partial charge in [0.05, 0.1) is 29.0 Å². The van der Waals surface area contributed by atoms with Gasteiger partial charge >= 0.3 is 6.03 Å². The van der Waals surface area contributed by atoms with Gasteiger partial charge in [-0.05, 0) is 56.7 Å². The third-order valence-corrected chi connectivity index (χ3v) is 5.89. The molecule has 8 nitrogen and oxygen atoms in total. The summed E-state index contributed by atoms with van der Waals surface area (Å²) in [6, 6.07) is 9.71. The van der Waals surface area contributed by atoms with E-state index in [9.17, 15) is 14.4 Å². The summed E-state index contributed by atoms with van der Waals surface area (Å²) in [4.78, 5) is 42.4. The number of fused-ring (bicyclic) bond motifs is 1. The maximum absolute atomic E-state index is 13.5. The van der Waals surface area contributed by atoms with E-state index in [0.29, 0.717) is 33.9 Å².